The minimum absolute atomic E-state index is 0.205. The van der Waals surface area contributed by atoms with Crippen LogP contribution in [0.3, 0.4) is 0 Å². The highest BCUT2D eigenvalue weighted by molar-refractivity contribution is 7.80. The Morgan fingerprint density at radius 3 is 2.27 bits per heavy atom. The predicted octanol–water partition coefficient (Wildman–Crippen LogP) is 3.18. The second kappa shape index (κ2) is 7.15. The molecule has 3 N–H and O–H groups in total. The summed E-state index contributed by atoms with van der Waals surface area (Å²) in [6.07, 6.45) is -1.78. The SMILES string of the molecule is OC1CCC(NC(=S)Nc2ccc(OC(F)(F)F)cc2)CC1. The Morgan fingerprint density at radius 1 is 1.14 bits per heavy atom. The zero-order valence-electron chi connectivity index (χ0n) is 11.7. The molecule has 1 aromatic carbocycles. The number of halogens is 3. The Morgan fingerprint density at radius 2 is 1.73 bits per heavy atom. The van der Waals surface area contributed by atoms with Gasteiger partial charge in [0.15, 0.2) is 5.11 Å². The second-order valence-electron chi connectivity index (χ2n) is 5.18. The van der Waals surface area contributed by atoms with Gasteiger partial charge in [0.05, 0.1) is 6.10 Å². The van der Waals surface area contributed by atoms with Crippen LogP contribution in [-0.4, -0.2) is 28.7 Å². The third kappa shape index (κ3) is 5.69. The van der Waals surface area contributed by atoms with Crippen molar-refractivity contribution in [1.82, 2.24) is 5.32 Å². The number of aliphatic hydroxyl groups excluding tert-OH is 1. The number of benzene rings is 1. The maximum atomic E-state index is 12.1. The van der Waals surface area contributed by atoms with Crippen LogP contribution in [0.1, 0.15) is 25.7 Å². The van der Waals surface area contributed by atoms with Gasteiger partial charge in [-0.25, -0.2) is 0 Å². The average Bonchev–Trinajstić information content (AvgIpc) is 2.42. The summed E-state index contributed by atoms with van der Waals surface area (Å²) in [4.78, 5) is 0. The van der Waals surface area contributed by atoms with Gasteiger partial charge in [-0.2, -0.15) is 0 Å². The lowest BCUT2D eigenvalue weighted by Gasteiger charge is -2.27. The standard InChI is InChI=1S/C14H17F3N2O2S/c15-14(16,17)21-12-7-3-10(4-8-12)19-13(22)18-9-1-5-11(20)6-2-9/h3-4,7-9,11,20H,1-2,5-6H2,(H2,18,19,22). The lowest BCUT2D eigenvalue weighted by atomic mass is 9.93. The van der Waals surface area contributed by atoms with Gasteiger partial charge >= 0.3 is 6.36 Å². The van der Waals surface area contributed by atoms with Gasteiger partial charge in [-0.3, -0.25) is 0 Å². The van der Waals surface area contributed by atoms with Crippen molar-refractivity contribution < 1.29 is 23.0 Å². The molecule has 0 atom stereocenters. The zero-order valence-corrected chi connectivity index (χ0v) is 12.5. The number of thiocarbonyl (C=S) groups is 1. The molecule has 8 heteroatoms. The summed E-state index contributed by atoms with van der Waals surface area (Å²) in [5, 5.41) is 15.9. The van der Waals surface area contributed by atoms with Gasteiger partial charge in [0, 0.05) is 11.7 Å². The Bertz CT molecular complexity index is 500. The van der Waals surface area contributed by atoms with Crippen LogP contribution in [0.5, 0.6) is 5.75 Å². The van der Waals surface area contributed by atoms with Crippen LogP contribution >= 0.6 is 12.2 Å². The molecular weight excluding hydrogens is 317 g/mol. The minimum Gasteiger partial charge on any atom is -0.406 e. The summed E-state index contributed by atoms with van der Waals surface area (Å²) in [5.74, 6) is -0.279. The number of aliphatic hydroxyl groups is 1. The summed E-state index contributed by atoms with van der Waals surface area (Å²) in [6.45, 7) is 0. The average molecular weight is 334 g/mol. The molecule has 4 nitrogen and oxygen atoms in total. The van der Waals surface area contributed by atoms with E-state index in [1.165, 1.54) is 24.3 Å². The molecule has 1 aliphatic rings. The zero-order chi connectivity index (χ0) is 16.2. The first-order chi connectivity index (χ1) is 10.3. The molecule has 0 amide bonds. The molecule has 0 aromatic heterocycles. The van der Waals surface area contributed by atoms with E-state index < -0.39 is 6.36 Å². The fourth-order valence-electron chi connectivity index (χ4n) is 2.31. The van der Waals surface area contributed by atoms with E-state index in [0.29, 0.717) is 10.8 Å². The van der Waals surface area contributed by atoms with E-state index in [1.54, 1.807) is 0 Å². The van der Waals surface area contributed by atoms with E-state index >= 15 is 0 Å². The van der Waals surface area contributed by atoms with E-state index in [-0.39, 0.29) is 17.9 Å². The summed E-state index contributed by atoms with van der Waals surface area (Å²) in [7, 11) is 0. The summed E-state index contributed by atoms with van der Waals surface area (Å²) < 4.78 is 40.0. The molecule has 22 heavy (non-hydrogen) atoms. The van der Waals surface area contributed by atoms with Gasteiger partial charge in [0.25, 0.3) is 0 Å². The largest absolute Gasteiger partial charge is 0.573 e. The first-order valence-electron chi connectivity index (χ1n) is 6.93. The number of alkyl halides is 3. The van der Waals surface area contributed by atoms with Gasteiger partial charge in [-0.1, -0.05) is 0 Å². The molecule has 1 saturated carbocycles. The molecule has 0 aliphatic heterocycles. The molecule has 122 valence electrons. The normalized spacial score (nSPS) is 22.0. The fraction of sp³-hybridized carbons (Fsp3) is 0.500. The quantitative estimate of drug-likeness (QED) is 0.742. The molecule has 1 aliphatic carbocycles. The Hall–Kier alpha value is -1.54. The molecule has 0 saturated heterocycles. The molecule has 2 rings (SSSR count). The number of hydrogen-bond acceptors (Lipinski definition) is 3. The highest BCUT2D eigenvalue weighted by Gasteiger charge is 2.30. The summed E-state index contributed by atoms with van der Waals surface area (Å²) in [6, 6.07) is 5.56. The topological polar surface area (TPSA) is 53.5 Å². The molecule has 0 heterocycles. The maximum absolute atomic E-state index is 12.1. The van der Waals surface area contributed by atoms with Crippen LogP contribution < -0.4 is 15.4 Å². The lowest BCUT2D eigenvalue weighted by Crippen LogP contribution is -2.40. The van der Waals surface area contributed by atoms with Crippen molar-refractivity contribution in [3.8, 4) is 5.75 Å². The van der Waals surface area contributed by atoms with Gasteiger partial charge in [-0.15, -0.1) is 13.2 Å². The molecule has 0 bridgehead atoms. The van der Waals surface area contributed by atoms with Crippen molar-refractivity contribution in [3.63, 3.8) is 0 Å². The fourth-order valence-corrected chi connectivity index (χ4v) is 2.60. The van der Waals surface area contributed by atoms with E-state index in [9.17, 15) is 18.3 Å². The highest BCUT2D eigenvalue weighted by Crippen LogP contribution is 2.24. The number of rotatable bonds is 3. The molecule has 0 radical (unpaired) electrons. The second-order valence-corrected chi connectivity index (χ2v) is 5.58. The third-order valence-electron chi connectivity index (χ3n) is 3.38. The number of anilines is 1. The lowest BCUT2D eigenvalue weighted by molar-refractivity contribution is -0.274. The van der Waals surface area contributed by atoms with Gasteiger partial charge in [0.1, 0.15) is 5.75 Å². The predicted molar refractivity (Wildman–Crippen MR) is 80.7 cm³/mol. The van der Waals surface area contributed by atoms with Gasteiger partial charge in [-0.05, 0) is 62.2 Å². The van der Waals surface area contributed by atoms with Crippen molar-refractivity contribution >= 4 is 23.0 Å². The summed E-state index contributed by atoms with van der Waals surface area (Å²) >= 11 is 5.17. The first kappa shape index (κ1) is 16.8. The van der Waals surface area contributed by atoms with Crippen molar-refractivity contribution in [2.45, 2.75) is 44.2 Å². The van der Waals surface area contributed by atoms with Crippen LogP contribution in [0.25, 0.3) is 0 Å². The van der Waals surface area contributed by atoms with Crippen molar-refractivity contribution in [3.05, 3.63) is 24.3 Å². The molecular formula is C14H17F3N2O2S. The minimum atomic E-state index is -4.70. The first-order valence-corrected chi connectivity index (χ1v) is 7.34. The van der Waals surface area contributed by atoms with Crippen molar-refractivity contribution in [2.24, 2.45) is 0 Å². The van der Waals surface area contributed by atoms with Gasteiger partial charge < -0.3 is 20.5 Å². The van der Waals surface area contributed by atoms with Gasteiger partial charge in [0.2, 0.25) is 0 Å². The maximum Gasteiger partial charge on any atom is 0.573 e. The number of hydrogen-bond donors (Lipinski definition) is 3. The monoisotopic (exact) mass is 334 g/mol. The Labute approximate surface area is 131 Å². The number of ether oxygens (including phenoxy) is 1. The Balaban J connectivity index is 1.81. The van der Waals surface area contributed by atoms with Crippen LogP contribution in [0.4, 0.5) is 18.9 Å². The Kier molecular flexibility index (Phi) is 5.47. The van der Waals surface area contributed by atoms with E-state index in [1.807, 2.05) is 0 Å². The molecule has 0 unspecified atom stereocenters. The van der Waals surface area contributed by atoms with E-state index in [4.69, 9.17) is 12.2 Å². The van der Waals surface area contributed by atoms with Crippen molar-refractivity contribution in [2.75, 3.05) is 5.32 Å². The van der Waals surface area contributed by atoms with E-state index in [0.717, 1.165) is 25.7 Å². The van der Waals surface area contributed by atoms with Crippen LogP contribution in [0.15, 0.2) is 24.3 Å². The van der Waals surface area contributed by atoms with Crippen molar-refractivity contribution in [1.29, 1.82) is 0 Å². The molecule has 0 spiro atoms. The number of nitrogens with one attached hydrogen (secondary N) is 2. The van der Waals surface area contributed by atoms with E-state index in [2.05, 4.69) is 15.4 Å². The third-order valence-corrected chi connectivity index (χ3v) is 3.60. The molecule has 1 aromatic rings. The smallest absolute Gasteiger partial charge is 0.406 e. The summed E-state index contributed by atoms with van der Waals surface area (Å²) in [5.41, 5.74) is 0.572. The highest BCUT2D eigenvalue weighted by atomic mass is 32.1. The van der Waals surface area contributed by atoms with Crippen LogP contribution in [-0.2, 0) is 0 Å². The molecule has 1 fully saturated rings. The van der Waals surface area contributed by atoms with Crippen LogP contribution in [0.2, 0.25) is 0 Å². The van der Waals surface area contributed by atoms with Crippen LogP contribution in [0, 0.1) is 0 Å².